The van der Waals surface area contributed by atoms with Crippen molar-refractivity contribution in [3.8, 4) is 0 Å². The quantitative estimate of drug-likeness (QED) is 0.566. The highest BCUT2D eigenvalue weighted by molar-refractivity contribution is 6.16. The highest BCUT2D eigenvalue weighted by atomic mass is 16.4. The van der Waals surface area contributed by atoms with Gasteiger partial charge in [-0.1, -0.05) is 60.7 Å². The standard InChI is InChI=1S/C24H19N3O2/c1-15-11-12-21-19(13-15)25-24(29-21)27-23-20(28)14-17-9-5-6-10-18(17)22(26-23)16-7-3-2-4-8-16/h2-13,23H,14H2,1H3,(H,25,27). The van der Waals surface area contributed by atoms with Gasteiger partial charge in [0.2, 0.25) is 0 Å². The molecule has 0 bridgehead atoms. The lowest BCUT2D eigenvalue weighted by atomic mass is 9.96. The number of nitrogens with one attached hydrogen (secondary N) is 1. The molecule has 29 heavy (non-hydrogen) atoms. The van der Waals surface area contributed by atoms with E-state index in [1.54, 1.807) is 0 Å². The summed E-state index contributed by atoms with van der Waals surface area (Å²) in [6.07, 6.45) is -0.473. The van der Waals surface area contributed by atoms with Gasteiger partial charge in [-0.2, -0.15) is 4.98 Å². The number of Topliss-reactive ketones (excluding diaryl/α,β-unsaturated/α-hetero) is 1. The Balaban J connectivity index is 1.57. The lowest BCUT2D eigenvalue weighted by Gasteiger charge is -2.12. The second-order valence-corrected chi connectivity index (χ2v) is 7.18. The molecular weight excluding hydrogens is 362 g/mol. The van der Waals surface area contributed by atoms with Crippen LogP contribution in [0.3, 0.4) is 0 Å². The molecule has 1 unspecified atom stereocenters. The van der Waals surface area contributed by atoms with Gasteiger partial charge in [0, 0.05) is 17.5 Å². The number of nitrogens with zero attached hydrogens (tertiary/aromatic N) is 2. The van der Waals surface area contributed by atoms with Crippen molar-refractivity contribution < 1.29 is 9.21 Å². The first kappa shape index (κ1) is 17.4. The van der Waals surface area contributed by atoms with Crippen molar-refractivity contribution in [3.05, 3.63) is 95.1 Å². The maximum Gasteiger partial charge on any atom is 0.297 e. The molecule has 3 aromatic carbocycles. The summed E-state index contributed by atoms with van der Waals surface area (Å²) in [5.74, 6) is -0.0261. The molecule has 1 N–H and O–H groups in total. The van der Waals surface area contributed by atoms with E-state index >= 15 is 0 Å². The van der Waals surface area contributed by atoms with E-state index in [0.717, 1.165) is 33.5 Å². The summed E-state index contributed by atoms with van der Waals surface area (Å²) in [6, 6.07) is 23.9. The molecule has 2 heterocycles. The molecule has 0 radical (unpaired) electrons. The summed E-state index contributed by atoms with van der Waals surface area (Å²) >= 11 is 0. The van der Waals surface area contributed by atoms with Crippen molar-refractivity contribution in [2.24, 2.45) is 4.99 Å². The SMILES string of the molecule is Cc1ccc2oc(NC3N=C(c4ccccc4)c4ccccc4CC3=O)nc2c1. The van der Waals surface area contributed by atoms with Crippen LogP contribution in [0.4, 0.5) is 6.01 Å². The normalized spacial score (nSPS) is 16.2. The van der Waals surface area contributed by atoms with Gasteiger partial charge in [-0.05, 0) is 30.2 Å². The molecule has 142 valence electrons. The zero-order valence-electron chi connectivity index (χ0n) is 15.9. The summed E-state index contributed by atoms with van der Waals surface area (Å²) in [5.41, 5.74) is 6.23. The average molecular weight is 381 g/mol. The number of carbonyl (C=O) groups excluding carboxylic acids is 1. The molecule has 5 rings (SSSR count). The number of aromatic nitrogens is 1. The maximum atomic E-state index is 13.0. The molecule has 1 aliphatic rings. The molecule has 0 amide bonds. The minimum atomic E-state index is -0.772. The molecule has 1 aromatic heterocycles. The molecule has 5 heteroatoms. The van der Waals surface area contributed by atoms with E-state index in [1.807, 2.05) is 79.7 Å². The summed E-state index contributed by atoms with van der Waals surface area (Å²) in [7, 11) is 0. The summed E-state index contributed by atoms with van der Waals surface area (Å²) < 4.78 is 5.79. The number of benzene rings is 3. The number of rotatable bonds is 3. The zero-order valence-corrected chi connectivity index (χ0v) is 15.9. The number of aliphatic imine (C=N–C) groups is 1. The fourth-order valence-electron chi connectivity index (χ4n) is 3.62. The number of hydrogen-bond donors (Lipinski definition) is 1. The van der Waals surface area contributed by atoms with Crippen LogP contribution in [0.2, 0.25) is 0 Å². The first-order chi connectivity index (χ1) is 14.2. The van der Waals surface area contributed by atoms with Gasteiger partial charge in [-0.15, -0.1) is 0 Å². The number of hydrogen-bond acceptors (Lipinski definition) is 5. The second-order valence-electron chi connectivity index (χ2n) is 7.18. The van der Waals surface area contributed by atoms with Gasteiger partial charge in [-0.25, -0.2) is 0 Å². The Morgan fingerprint density at radius 3 is 2.66 bits per heavy atom. The molecule has 0 aliphatic carbocycles. The topological polar surface area (TPSA) is 67.5 Å². The van der Waals surface area contributed by atoms with Crippen molar-refractivity contribution in [1.29, 1.82) is 0 Å². The molecule has 0 fully saturated rings. The monoisotopic (exact) mass is 381 g/mol. The average Bonchev–Trinajstić information content (AvgIpc) is 3.07. The molecule has 0 spiro atoms. The molecule has 0 saturated heterocycles. The predicted molar refractivity (Wildman–Crippen MR) is 113 cm³/mol. The largest absolute Gasteiger partial charge is 0.424 e. The van der Waals surface area contributed by atoms with Crippen LogP contribution in [-0.4, -0.2) is 22.6 Å². The van der Waals surface area contributed by atoms with Crippen molar-refractivity contribution >= 4 is 28.6 Å². The Labute approximate surface area is 168 Å². The van der Waals surface area contributed by atoms with E-state index in [4.69, 9.17) is 9.41 Å². The smallest absolute Gasteiger partial charge is 0.297 e. The van der Waals surface area contributed by atoms with Crippen LogP contribution in [0.1, 0.15) is 22.3 Å². The Bertz CT molecular complexity index is 1240. The number of ketones is 1. The lowest BCUT2D eigenvalue weighted by Crippen LogP contribution is -2.29. The first-order valence-corrected chi connectivity index (χ1v) is 9.55. The summed E-state index contributed by atoms with van der Waals surface area (Å²) in [4.78, 5) is 22.3. The van der Waals surface area contributed by atoms with Crippen LogP contribution in [0.25, 0.3) is 11.1 Å². The third kappa shape index (κ3) is 3.31. The summed E-state index contributed by atoms with van der Waals surface area (Å²) in [6.45, 7) is 2.00. The highest BCUT2D eigenvalue weighted by Gasteiger charge is 2.27. The Hall–Kier alpha value is -3.73. The first-order valence-electron chi connectivity index (χ1n) is 9.55. The second kappa shape index (κ2) is 7.02. The molecule has 5 nitrogen and oxygen atoms in total. The molecular formula is C24H19N3O2. The Morgan fingerprint density at radius 1 is 1.00 bits per heavy atom. The third-order valence-electron chi connectivity index (χ3n) is 5.05. The molecule has 4 aromatic rings. The van der Waals surface area contributed by atoms with Gasteiger partial charge < -0.3 is 9.73 Å². The predicted octanol–water partition coefficient (Wildman–Crippen LogP) is 4.54. The number of carbonyl (C=O) groups is 1. The van der Waals surface area contributed by atoms with E-state index in [2.05, 4.69) is 10.3 Å². The number of aryl methyl sites for hydroxylation is 1. The van der Waals surface area contributed by atoms with Gasteiger partial charge in [0.05, 0.1) is 5.71 Å². The fraction of sp³-hybridized carbons (Fsp3) is 0.125. The van der Waals surface area contributed by atoms with Crippen LogP contribution in [0.5, 0.6) is 0 Å². The lowest BCUT2D eigenvalue weighted by molar-refractivity contribution is -0.119. The number of fused-ring (bicyclic) bond motifs is 2. The molecule has 1 aliphatic heterocycles. The van der Waals surface area contributed by atoms with Crippen molar-refractivity contribution in [2.75, 3.05) is 5.32 Å². The van der Waals surface area contributed by atoms with E-state index in [-0.39, 0.29) is 5.78 Å². The van der Waals surface area contributed by atoms with Crippen LogP contribution < -0.4 is 5.32 Å². The van der Waals surface area contributed by atoms with Crippen molar-refractivity contribution in [2.45, 2.75) is 19.5 Å². The summed E-state index contributed by atoms with van der Waals surface area (Å²) in [5, 5.41) is 3.10. The molecule has 0 saturated carbocycles. The van der Waals surface area contributed by atoms with E-state index < -0.39 is 6.17 Å². The maximum absolute atomic E-state index is 13.0. The fourth-order valence-corrected chi connectivity index (χ4v) is 3.62. The van der Waals surface area contributed by atoms with Gasteiger partial charge in [-0.3, -0.25) is 9.79 Å². The Morgan fingerprint density at radius 2 is 1.79 bits per heavy atom. The Kier molecular flexibility index (Phi) is 4.21. The van der Waals surface area contributed by atoms with Gasteiger partial charge in [0.15, 0.2) is 17.5 Å². The number of anilines is 1. The van der Waals surface area contributed by atoms with E-state index in [9.17, 15) is 4.79 Å². The highest BCUT2D eigenvalue weighted by Crippen LogP contribution is 2.24. The van der Waals surface area contributed by atoms with E-state index in [1.165, 1.54) is 0 Å². The zero-order chi connectivity index (χ0) is 19.8. The van der Waals surface area contributed by atoms with Gasteiger partial charge in [0.1, 0.15) is 5.52 Å². The molecule has 1 atom stereocenters. The van der Waals surface area contributed by atoms with Crippen LogP contribution >= 0.6 is 0 Å². The minimum Gasteiger partial charge on any atom is -0.424 e. The van der Waals surface area contributed by atoms with E-state index in [0.29, 0.717) is 18.0 Å². The third-order valence-corrected chi connectivity index (χ3v) is 5.05. The number of oxazole rings is 1. The van der Waals surface area contributed by atoms with Crippen molar-refractivity contribution in [1.82, 2.24) is 4.98 Å². The van der Waals surface area contributed by atoms with Crippen LogP contribution in [-0.2, 0) is 11.2 Å². The minimum absolute atomic E-state index is 0.0261. The van der Waals surface area contributed by atoms with Crippen LogP contribution in [0.15, 0.2) is 82.2 Å². The van der Waals surface area contributed by atoms with Crippen LogP contribution in [0, 0.1) is 6.92 Å². The van der Waals surface area contributed by atoms with Gasteiger partial charge in [0.25, 0.3) is 6.01 Å². The van der Waals surface area contributed by atoms with Gasteiger partial charge >= 0.3 is 0 Å². The van der Waals surface area contributed by atoms with Crippen molar-refractivity contribution in [3.63, 3.8) is 0 Å².